The molecule has 0 aliphatic carbocycles. The zero-order valence-electron chi connectivity index (χ0n) is 23.3. The molecule has 6 heterocycles. The van der Waals surface area contributed by atoms with Crippen LogP contribution in [-0.2, 0) is 6.54 Å². The first kappa shape index (κ1) is 28.0. The molecule has 41 heavy (non-hydrogen) atoms. The second-order valence-corrected chi connectivity index (χ2v) is 10.6. The number of dihydropyridines is 1. The van der Waals surface area contributed by atoms with E-state index in [0.29, 0.717) is 41.9 Å². The molecule has 10 heteroatoms. The van der Waals surface area contributed by atoms with Crippen molar-refractivity contribution < 1.29 is 14.2 Å². The predicted octanol–water partition coefficient (Wildman–Crippen LogP) is 3.55. The number of methoxy groups -OCH3 is 1. The minimum Gasteiger partial charge on any atom is -0.479 e. The van der Waals surface area contributed by atoms with Crippen molar-refractivity contribution in [2.75, 3.05) is 25.1 Å². The van der Waals surface area contributed by atoms with Crippen LogP contribution in [-0.4, -0.2) is 64.1 Å². The minimum absolute atomic E-state index is 0.00659. The second kappa shape index (κ2) is 11.5. The first-order chi connectivity index (χ1) is 19.7. The van der Waals surface area contributed by atoms with E-state index in [-0.39, 0.29) is 11.5 Å². The van der Waals surface area contributed by atoms with Crippen LogP contribution < -0.4 is 15.0 Å². The number of nitrogens with one attached hydrogen (secondary N) is 2. The molecule has 3 unspecified atom stereocenters. The van der Waals surface area contributed by atoms with Gasteiger partial charge in [-0.05, 0) is 49.6 Å². The molecule has 0 spiro atoms. The fourth-order valence-electron chi connectivity index (χ4n) is 5.25. The van der Waals surface area contributed by atoms with Gasteiger partial charge < -0.3 is 25.5 Å². The summed E-state index contributed by atoms with van der Waals surface area (Å²) in [5, 5.41) is 30.7. The van der Waals surface area contributed by atoms with Gasteiger partial charge in [0.2, 0.25) is 5.88 Å². The van der Waals surface area contributed by atoms with Gasteiger partial charge in [0, 0.05) is 73.2 Å². The third-order valence-corrected chi connectivity index (χ3v) is 7.79. The van der Waals surface area contributed by atoms with Crippen molar-refractivity contribution in [1.82, 2.24) is 20.2 Å². The van der Waals surface area contributed by atoms with E-state index >= 15 is 0 Å². The number of pyridine rings is 2. The molecule has 2 bridgehead atoms. The van der Waals surface area contributed by atoms with Crippen LogP contribution in [0.5, 0.6) is 5.88 Å². The number of anilines is 1. The summed E-state index contributed by atoms with van der Waals surface area (Å²) >= 11 is 0. The Kier molecular flexibility index (Phi) is 7.89. The average molecular weight is 554 g/mol. The molecule has 4 aliphatic heterocycles. The van der Waals surface area contributed by atoms with Crippen LogP contribution in [0, 0.1) is 34.4 Å². The van der Waals surface area contributed by atoms with Gasteiger partial charge in [-0.25, -0.2) is 14.4 Å². The maximum absolute atomic E-state index is 14.1. The Morgan fingerprint density at radius 3 is 2.71 bits per heavy atom. The average Bonchev–Trinajstić information content (AvgIpc) is 3.00. The zero-order valence-corrected chi connectivity index (χ0v) is 23.3. The maximum atomic E-state index is 14.1. The maximum Gasteiger partial charge on any atom is 0.250 e. The number of nitriles is 1. The topological polar surface area (TPSA) is 121 Å². The van der Waals surface area contributed by atoms with Gasteiger partial charge >= 0.3 is 0 Å². The van der Waals surface area contributed by atoms with Crippen molar-refractivity contribution in [2.24, 2.45) is 0 Å². The summed E-state index contributed by atoms with van der Waals surface area (Å²) in [5.74, 6) is 6.30. The van der Waals surface area contributed by atoms with E-state index in [4.69, 9.17) is 15.1 Å². The molecule has 2 aromatic heterocycles. The molecule has 6 rings (SSSR count). The number of aromatic nitrogens is 2. The standard InChI is InChI=1S/C31H32FN7O2/c1-4-31(2,40)8-7-20-9-26(29(36-14-20)23(12-33)13-34)22-5-6-28(35-16-22)38-18-24-11-25(19-38)39(24)17-21-10-27(32)30(41-3)37-15-21/h5-6,9-10,12,14-16,24-25,33,36,40H,4,11,17-19H2,1-3H3/b29-23+,33-12?. The lowest BCUT2D eigenvalue weighted by atomic mass is 9.87. The molecular weight excluding hydrogens is 521 g/mol. The zero-order chi connectivity index (χ0) is 29.1. The van der Waals surface area contributed by atoms with Crippen LogP contribution in [0.3, 0.4) is 0 Å². The molecule has 0 aromatic carbocycles. The number of hydrogen-bond acceptors (Lipinski definition) is 9. The Morgan fingerprint density at radius 1 is 1.32 bits per heavy atom. The first-order valence-corrected chi connectivity index (χ1v) is 13.5. The summed E-state index contributed by atoms with van der Waals surface area (Å²) in [5.41, 5.74) is 2.53. The van der Waals surface area contributed by atoms with Crippen molar-refractivity contribution in [3.8, 4) is 23.8 Å². The molecule has 210 valence electrons. The minimum atomic E-state index is -1.10. The number of fused-ring (bicyclic) bond motifs is 2. The van der Waals surface area contributed by atoms with E-state index in [1.54, 1.807) is 25.5 Å². The van der Waals surface area contributed by atoms with E-state index in [9.17, 15) is 14.8 Å². The Morgan fingerprint density at radius 2 is 2.10 bits per heavy atom. The van der Waals surface area contributed by atoms with Crippen LogP contribution in [0.4, 0.5) is 10.2 Å². The smallest absolute Gasteiger partial charge is 0.250 e. The van der Waals surface area contributed by atoms with Crippen LogP contribution in [0.1, 0.15) is 37.8 Å². The molecule has 0 saturated carbocycles. The van der Waals surface area contributed by atoms with Gasteiger partial charge in [-0.3, -0.25) is 4.90 Å². The lowest BCUT2D eigenvalue weighted by Gasteiger charge is -2.56. The first-order valence-electron chi connectivity index (χ1n) is 13.5. The summed E-state index contributed by atoms with van der Waals surface area (Å²) < 4.78 is 19.0. The van der Waals surface area contributed by atoms with E-state index in [1.165, 1.54) is 13.2 Å². The van der Waals surface area contributed by atoms with Gasteiger partial charge in [-0.2, -0.15) is 5.26 Å². The summed E-state index contributed by atoms with van der Waals surface area (Å²) in [7, 11) is 1.41. The van der Waals surface area contributed by atoms with E-state index in [1.807, 2.05) is 25.1 Å². The second-order valence-electron chi connectivity index (χ2n) is 10.6. The summed E-state index contributed by atoms with van der Waals surface area (Å²) in [6.45, 7) is 5.80. The summed E-state index contributed by atoms with van der Waals surface area (Å²) in [6, 6.07) is 8.17. The fraction of sp³-hybridized carbons (Fsp3) is 0.355. The highest BCUT2D eigenvalue weighted by molar-refractivity contribution is 5.93. The van der Waals surface area contributed by atoms with Gasteiger partial charge in [-0.15, -0.1) is 0 Å². The van der Waals surface area contributed by atoms with Crippen LogP contribution in [0.25, 0.3) is 5.57 Å². The number of rotatable bonds is 7. The van der Waals surface area contributed by atoms with E-state index < -0.39 is 11.4 Å². The predicted molar refractivity (Wildman–Crippen MR) is 154 cm³/mol. The number of nitrogens with zero attached hydrogens (tertiary/aromatic N) is 5. The Bertz CT molecular complexity index is 1530. The van der Waals surface area contributed by atoms with Gasteiger partial charge in [0.05, 0.1) is 18.4 Å². The number of ether oxygens (including phenoxy) is 1. The molecule has 0 radical (unpaired) electrons. The summed E-state index contributed by atoms with van der Waals surface area (Å²) in [4.78, 5) is 13.5. The van der Waals surface area contributed by atoms with Gasteiger partial charge in [0.25, 0.3) is 0 Å². The summed E-state index contributed by atoms with van der Waals surface area (Å²) in [6.07, 6.45) is 9.55. The van der Waals surface area contributed by atoms with Gasteiger partial charge in [-0.1, -0.05) is 18.8 Å². The van der Waals surface area contributed by atoms with Crippen molar-refractivity contribution in [3.05, 3.63) is 76.7 Å². The van der Waals surface area contributed by atoms with Crippen molar-refractivity contribution in [1.29, 1.82) is 10.7 Å². The van der Waals surface area contributed by atoms with Crippen molar-refractivity contribution in [2.45, 2.75) is 50.9 Å². The van der Waals surface area contributed by atoms with Crippen LogP contribution in [0.15, 0.2) is 59.7 Å². The lowest BCUT2D eigenvalue weighted by molar-refractivity contribution is -0.00884. The Balaban J connectivity index is 1.32. The van der Waals surface area contributed by atoms with Crippen LogP contribution in [0.2, 0.25) is 0 Å². The molecule has 3 fully saturated rings. The van der Waals surface area contributed by atoms with Gasteiger partial charge in [0.15, 0.2) is 5.82 Å². The third kappa shape index (κ3) is 5.85. The molecular formula is C31H32FN7O2. The molecule has 0 amide bonds. The number of piperazine rings is 1. The number of aliphatic hydroxyl groups is 1. The number of hydrogen-bond donors (Lipinski definition) is 3. The highest BCUT2D eigenvalue weighted by atomic mass is 19.1. The lowest BCUT2D eigenvalue weighted by Crippen LogP contribution is -2.68. The Labute approximate surface area is 239 Å². The van der Waals surface area contributed by atoms with Gasteiger partial charge in [0.1, 0.15) is 17.5 Å². The highest BCUT2D eigenvalue weighted by Crippen LogP contribution is 2.36. The molecule has 3 N–H and O–H groups in total. The molecule has 9 nitrogen and oxygen atoms in total. The highest BCUT2D eigenvalue weighted by Gasteiger charge is 2.44. The normalized spacial score (nSPS) is 22.4. The SMILES string of the molecule is CCC(C)(O)C#CC1=CN/C(=C(/C#N)C=N)C(c2ccc(N3CC4CC(C3)N4Cc3cnc(OC)c(F)c3)nc2)=C1. The number of halogens is 1. The largest absolute Gasteiger partial charge is 0.479 e. The molecule has 4 aliphatic rings. The molecule has 2 aromatic rings. The monoisotopic (exact) mass is 553 g/mol. The fourth-order valence-corrected chi connectivity index (χ4v) is 5.25. The molecule has 3 atom stereocenters. The van der Waals surface area contributed by atoms with E-state index in [2.05, 4.69) is 38.0 Å². The quantitative estimate of drug-likeness (QED) is 0.271. The number of allylic oxidation sites excluding steroid dienone is 4. The van der Waals surface area contributed by atoms with Crippen LogP contribution >= 0.6 is 0 Å². The van der Waals surface area contributed by atoms with Crippen molar-refractivity contribution >= 4 is 17.6 Å². The number of piperidine rings is 1. The third-order valence-electron chi connectivity index (χ3n) is 7.79. The Hall–Kier alpha value is -4.51. The van der Waals surface area contributed by atoms with Crippen molar-refractivity contribution in [3.63, 3.8) is 0 Å². The van der Waals surface area contributed by atoms with E-state index in [0.717, 1.165) is 42.7 Å². The molecule has 3 saturated heterocycles.